The van der Waals surface area contributed by atoms with Gasteiger partial charge in [0.1, 0.15) is 5.82 Å². The molecule has 0 saturated heterocycles. The molecule has 0 unspecified atom stereocenters. The van der Waals surface area contributed by atoms with E-state index in [2.05, 4.69) is 17.0 Å². The fourth-order valence-electron chi connectivity index (χ4n) is 5.61. The number of fused-ring (bicyclic) bond motifs is 1. The Kier molecular flexibility index (Phi) is 10.1. The molecular formula is C34H40ClFN4O2. The zero-order valence-corrected chi connectivity index (χ0v) is 25.1. The van der Waals surface area contributed by atoms with Gasteiger partial charge in [0, 0.05) is 81.6 Å². The van der Waals surface area contributed by atoms with Crippen LogP contribution in [-0.4, -0.2) is 61.4 Å². The number of amides is 2. The fourth-order valence-corrected chi connectivity index (χ4v) is 5.73. The van der Waals surface area contributed by atoms with Gasteiger partial charge in [-0.2, -0.15) is 0 Å². The van der Waals surface area contributed by atoms with Gasteiger partial charge in [-0.05, 0) is 79.3 Å². The summed E-state index contributed by atoms with van der Waals surface area (Å²) < 4.78 is 13.4. The molecule has 0 radical (unpaired) electrons. The average molecular weight is 591 g/mol. The molecule has 3 aromatic carbocycles. The quantitative estimate of drug-likeness (QED) is 0.321. The highest BCUT2D eigenvalue weighted by molar-refractivity contribution is 6.30. The first kappa shape index (κ1) is 30.1. The molecule has 8 heteroatoms. The van der Waals surface area contributed by atoms with Crippen molar-refractivity contribution in [3.05, 3.63) is 94.8 Å². The van der Waals surface area contributed by atoms with Gasteiger partial charge in [-0.1, -0.05) is 41.9 Å². The Morgan fingerprint density at radius 2 is 1.60 bits per heavy atom. The highest BCUT2D eigenvalue weighted by Crippen LogP contribution is 2.34. The molecule has 5 rings (SSSR count). The molecule has 6 nitrogen and oxygen atoms in total. The topological polar surface area (TPSA) is 47.1 Å². The number of para-hydroxylation sites is 1. The van der Waals surface area contributed by atoms with Gasteiger partial charge >= 0.3 is 0 Å². The van der Waals surface area contributed by atoms with Crippen molar-refractivity contribution in [2.24, 2.45) is 5.92 Å². The van der Waals surface area contributed by atoms with Crippen molar-refractivity contribution in [3.63, 3.8) is 0 Å². The number of carbonyl (C=O) groups excluding carboxylic acids is 2. The van der Waals surface area contributed by atoms with Gasteiger partial charge in [-0.3, -0.25) is 14.5 Å². The van der Waals surface area contributed by atoms with E-state index in [1.165, 1.54) is 17.7 Å². The van der Waals surface area contributed by atoms with E-state index in [4.69, 9.17) is 11.6 Å². The molecule has 42 heavy (non-hydrogen) atoms. The monoisotopic (exact) mass is 590 g/mol. The highest BCUT2D eigenvalue weighted by atomic mass is 35.5. The summed E-state index contributed by atoms with van der Waals surface area (Å²) >= 11 is 6.12. The van der Waals surface area contributed by atoms with Crippen molar-refractivity contribution in [2.75, 3.05) is 49.6 Å². The van der Waals surface area contributed by atoms with Gasteiger partial charge in [0.2, 0.25) is 11.8 Å². The molecule has 222 valence electrons. The molecule has 0 bridgehead atoms. The first-order chi connectivity index (χ1) is 20.4. The van der Waals surface area contributed by atoms with Crippen LogP contribution in [0.2, 0.25) is 5.02 Å². The van der Waals surface area contributed by atoms with Crippen LogP contribution in [0, 0.1) is 11.7 Å². The van der Waals surface area contributed by atoms with Crippen LogP contribution in [0.25, 0.3) is 0 Å². The van der Waals surface area contributed by atoms with Crippen LogP contribution in [0.3, 0.4) is 0 Å². The molecule has 0 aromatic heterocycles. The lowest BCUT2D eigenvalue weighted by Crippen LogP contribution is -2.40. The average Bonchev–Trinajstić information content (AvgIpc) is 3.84. The third kappa shape index (κ3) is 8.11. The van der Waals surface area contributed by atoms with Crippen LogP contribution >= 0.6 is 11.6 Å². The summed E-state index contributed by atoms with van der Waals surface area (Å²) in [4.78, 5) is 35.5. The van der Waals surface area contributed by atoms with E-state index in [9.17, 15) is 14.0 Å². The lowest BCUT2D eigenvalue weighted by molar-refractivity contribution is -0.131. The second-order valence-corrected chi connectivity index (χ2v) is 11.9. The molecule has 1 saturated carbocycles. The molecule has 0 spiro atoms. The van der Waals surface area contributed by atoms with Crippen LogP contribution in [0.5, 0.6) is 0 Å². The lowest BCUT2D eigenvalue weighted by Gasteiger charge is -2.32. The Bertz CT molecular complexity index is 1350. The Labute approximate surface area is 253 Å². The van der Waals surface area contributed by atoms with E-state index in [-0.39, 0.29) is 23.5 Å². The molecule has 0 N–H and O–H groups in total. The van der Waals surface area contributed by atoms with Crippen LogP contribution < -0.4 is 9.80 Å². The summed E-state index contributed by atoms with van der Waals surface area (Å²) in [5.41, 5.74) is 3.99. The first-order valence-electron chi connectivity index (χ1n) is 15.0. The molecule has 1 aliphatic carbocycles. The predicted molar refractivity (Wildman–Crippen MR) is 167 cm³/mol. The number of anilines is 2. The molecule has 1 heterocycles. The number of benzene rings is 3. The molecule has 2 amide bonds. The van der Waals surface area contributed by atoms with Crippen molar-refractivity contribution in [1.29, 1.82) is 0 Å². The zero-order valence-electron chi connectivity index (χ0n) is 24.4. The Morgan fingerprint density at radius 1 is 0.905 bits per heavy atom. The minimum Gasteiger partial charge on any atom is -0.374 e. The summed E-state index contributed by atoms with van der Waals surface area (Å²) in [7, 11) is 1.92. The zero-order chi connectivity index (χ0) is 29.5. The predicted octanol–water partition coefficient (Wildman–Crippen LogP) is 6.37. The van der Waals surface area contributed by atoms with E-state index in [1.807, 2.05) is 58.1 Å². The normalized spacial score (nSPS) is 16.7. The first-order valence-corrected chi connectivity index (χ1v) is 15.4. The van der Waals surface area contributed by atoms with E-state index in [1.54, 1.807) is 12.1 Å². The maximum Gasteiger partial charge on any atom is 0.230 e. The molecular weight excluding hydrogens is 551 g/mol. The third-order valence-corrected chi connectivity index (χ3v) is 8.45. The number of rotatable bonds is 7. The number of halogens is 2. The minimum absolute atomic E-state index is 0.0696. The minimum atomic E-state index is -0.277. The van der Waals surface area contributed by atoms with E-state index < -0.39 is 0 Å². The summed E-state index contributed by atoms with van der Waals surface area (Å²) in [6.07, 6.45) is 3.97. The Hall–Kier alpha value is -3.42. The van der Waals surface area contributed by atoms with Crippen LogP contribution in [0.15, 0.2) is 72.8 Å². The summed E-state index contributed by atoms with van der Waals surface area (Å²) in [5, 5.41) is 0.722. The Morgan fingerprint density at radius 3 is 2.31 bits per heavy atom. The van der Waals surface area contributed by atoms with Crippen molar-refractivity contribution in [2.45, 2.75) is 45.2 Å². The van der Waals surface area contributed by atoms with Crippen molar-refractivity contribution in [1.82, 2.24) is 9.80 Å². The summed E-state index contributed by atoms with van der Waals surface area (Å²) in [5.74, 6) is 0.0964. The van der Waals surface area contributed by atoms with Crippen molar-refractivity contribution in [3.8, 4) is 0 Å². The Balaban J connectivity index is 1.35. The highest BCUT2D eigenvalue weighted by Gasteiger charge is 2.35. The third-order valence-electron chi connectivity index (χ3n) is 8.20. The smallest absolute Gasteiger partial charge is 0.230 e. The molecule has 3 aromatic rings. The van der Waals surface area contributed by atoms with Gasteiger partial charge in [0.15, 0.2) is 0 Å². The SMILES string of the molecule is CN(CCC(=O)N1CCCN(Cc2ccc(Cl)cc2)CCCN(C(=O)C2CC2)c2ccccc2C1)c1ccc(F)cc1. The fraction of sp³-hybridized carbons (Fsp3) is 0.412. The maximum absolute atomic E-state index is 13.7. The van der Waals surface area contributed by atoms with Gasteiger partial charge in [-0.25, -0.2) is 4.39 Å². The second-order valence-electron chi connectivity index (χ2n) is 11.5. The molecule has 1 aliphatic heterocycles. The summed E-state index contributed by atoms with van der Waals surface area (Å²) in [6.45, 7) is 4.76. The van der Waals surface area contributed by atoms with Crippen molar-refractivity contribution < 1.29 is 14.0 Å². The number of hydrogen-bond acceptors (Lipinski definition) is 4. The van der Waals surface area contributed by atoms with Gasteiger partial charge in [0.25, 0.3) is 0 Å². The van der Waals surface area contributed by atoms with Crippen LogP contribution in [0.1, 0.15) is 43.2 Å². The largest absolute Gasteiger partial charge is 0.374 e. The van der Waals surface area contributed by atoms with E-state index in [0.29, 0.717) is 32.6 Å². The van der Waals surface area contributed by atoms with Gasteiger partial charge in [-0.15, -0.1) is 0 Å². The molecule has 0 atom stereocenters. The molecule has 2 aliphatic rings. The molecule has 1 fully saturated rings. The van der Waals surface area contributed by atoms with Crippen molar-refractivity contribution >= 4 is 34.8 Å². The summed E-state index contributed by atoms with van der Waals surface area (Å²) in [6, 6.07) is 22.3. The number of nitrogens with zero attached hydrogens (tertiary/aromatic N) is 4. The lowest BCUT2D eigenvalue weighted by atomic mass is 10.1. The van der Waals surface area contributed by atoms with Crippen LogP contribution in [-0.2, 0) is 22.7 Å². The number of carbonyl (C=O) groups is 2. The van der Waals surface area contributed by atoms with Gasteiger partial charge < -0.3 is 14.7 Å². The van der Waals surface area contributed by atoms with Crippen LogP contribution in [0.4, 0.5) is 15.8 Å². The van der Waals surface area contributed by atoms with Gasteiger partial charge in [0.05, 0.1) is 0 Å². The van der Waals surface area contributed by atoms with E-state index >= 15 is 0 Å². The van der Waals surface area contributed by atoms with E-state index in [0.717, 1.165) is 67.3 Å². The second kappa shape index (κ2) is 14.2. The standard InChI is InChI=1S/C34H40ClFN4O2/c1-37(31-16-14-30(36)15-17-31)23-18-33(41)39-21-4-19-38(24-26-8-12-29(35)13-9-26)20-5-22-40(34(42)27-10-11-27)32-7-3-2-6-28(32)25-39/h2-3,6-9,12-17,27H,4-5,10-11,18-25H2,1H3. The maximum atomic E-state index is 13.7. The number of hydrogen-bond donors (Lipinski definition) is 0.